The zero-order valence-corrected chi connectivity index (χ0v) is 16.3. The molecule has 0 radical (unpaired) electrons. The monoisotopic (exact) mass is 360 g/mol. The van der Waals surface area contributed by atoms with Crippen LogP contribution in [0.15, 0.2) is 12.4 Å². The topological polar surface area (TPSA) is 75.6 Å². The Bertz CT molecular complexity index is 694. The van der Waals surface area contributed by atoms with Gasteiger partial charge in [-0.15, -0.1) is 0 Å². The number of nitrogens with zero attached hydrogens (tertiary/aromatic N) is 4. The SMILES string of the molecule is CC(C)(C)C(=O)N1CCC[C@@H](c2cnc(N3C(=O)OCC3(C)C)cn2)C1. The third kappa shape index (κ3) is 3.52. The molecule has 2 saturated heterocycles. The Hall–Kier alpha value is -2.18. The standard InChI is InChI=1S/C19H28N4O3/c1-18(2,3)16(24)22-8-6-7-13(11-22)14-9-21-15(10-20-14)23-17(25)26-12-19(23,4)5/h9-10,13H,6-8,11-12H2,1-5H3/t13-/m1/s1. The molecule has 1 aromatic heterocycles. The van der Waals surface area contributed by atoms with Crippen LogP contribution in [0, 0.1) is 5.41 Å². The Morgan fingerprint density at radius 1 is 1.27 bits per heavy atom. The second-order valence-electron chi connectivity index (χ2n) is 8.84. The minimum Gasteiger partial charge on any atom is -0.447 e. The van der Waals surface area contributed by atoms with E-state index in [0.29, 0.717) is 19.0 Å². The van der Waals surface area contributed by atoms with Crippen LogP contribution < -0.4 is 4.90 Å². The normalized spacial score (nSPS) is 23.1. The fraction of sp³-hybridized carbons (Fsp3) is 0.684. The summed E-state index contributed by atoms with van der Waals surface area (Å²) >= 11 is 0. The van der Waals surface area contributed by atoms with Crippen molar-refractivity contribution in [2.45, 2.75) is 58.9 Å². The van der Waals surface area contributed by atoms with Gasteiger partial charge in [0.1, 0.15) is 6.61 Å². The predicted molar refractivity (Wildman–Crippen MR) is 97.9 cm³/mol. The van der Waals surface area contributed by atoms with E-state index in [1.807, 2.05) is 39.5 Å². The Kier molecular flexibility index (Phi) is 4.67. The molecule has 2 fully saturated rings. The lowest BCUT2D eigenvalue weighted by atomic mass is 9.90. The molecule has 0 spiro atoms. The third-order valence-electron chi connectivity index (χ3n) is 4.99. The average Bonchev–Trinajstić information content (AvgIpc) is 2.86. The first-order valence-electron chi connectivity index (χ1n) is 9.18. The van der Waals surface area contributed by atoms with Crippen molar-refractivity contribution in [2.75, 3.05) is 24.6 Å². The molecule has 1 aromatic rings. The molecule has 0 bridgehead atoms. The average molecular weight is 360 g/mol. The number of ether oxygens (including phenoxy) is 1. The van der Waals surface area contributed by atoms with Gasteiger partial charge >= 0.3 is 6.09 Å². The van der Waals surface area contributed by atoms with Crippen LogP contribution in [0.3, 0.4) is 0 Å². The number of piperidine rings is 1. The Morgan fingerprint density at radius 2 is 2.00 bits per heavy atom. The molecular formula is C19H28N4O3. The van der Waals surface area contributed by atoms with E-state index in [0.717, 1.165) is 25.1 Å². The van der Waals surface area contributed by atoms with Gasteiger partial charge in [-0.25, -0.2) is 9.78 Å². The smallest absolute Gasteiger partial charge is 0.416 e. The molecule has 142 valence electrons. The van der Waals surface area contributed by atoms with E-state index < -0.39 is 11.6 Å². The first kappa shape index (κ1) is 18.6. The zero-order valence-electron chi connectivity index (χ0n) is 16.3. The van der Waals surface area contributed by atoms with E-state index in [2.05, 4.69) is 9.97 Å². The first-order valence-corrected chi connectivity index (χ1v) is 9.18. The molecule has 2 aliphatic rings. The molecule has 0 N–H and O–H groups in total. The molecule has 1 atom stereocenters. The van der Waals surface area contributed by atoms with Crippen molar-refractivity contribution in [2.24, 2.45) is 5.41 Å². The number of hydrogen-bond donors (Lipinski definition) is 0. The van der Waals surface area contributed by atoms with E-state index in [-0.39, 0.29) is 17.2 Å². The summed E-state index contributed by atoms with van der Waals surface area (Å²) in [5.41, 5.74) is 0.0539. The van der Waals surface area contributed by atoms with Gasteiger partial charge in [-0.2, -0.15) is 0 Å². The quantitative estimate of drug-likeness (QED) is 0.810. The number of rotatable bonds is 2. The van der Waals surface area contributed by atoms with Crippen molar-refractivity contribution in [3.63, 3.8) is 0 Å². The highest BCUT2D eigenvalue weighted by Gasteiger charge is 2.42. The molecule has 2 amide bonds. The van der Waals surface area contributed by atoms with Crippen molar-refractivity contribution in [1.29, 1.82) is 0 Å². The van der Waals surface area contributed by atoms with E-state index in [1.54, 1.807) is 17.3 Å². The number of hydrogen-bond acceptors (Lipinski definition) is 5. The van der Waals surface area contributed by atoms with Crippen LogP contribution in [-0.4, -0.2) is 52.1 Å². The lowest BCUT2D eigenvalue weighted by Gasteiger charge is -2.36. The van der Waals surface area contributed by atoms with Crippen LogP contribution in [0.2, 0.25) is 0 Å². The van der Waals surface area contributed by atoms with E-state index in [4.69, 9.17) is 4.74 Å². The summed E-state index contributed by atoms with van der Waals surface area (Å²) in [5.74, 6) is 0.850. The molecule has 7 heteroatoms. The number of carbonyl (C=O) groups is 2. The molecule has 0 aliphatic carbocycles. The minimum atomic E-state index is -0.436. The summed E-state index contributed by atoms with van der Waals surface area (Å²) in [6, 6.07) is 0. The summed E-state index contributed by atoms with van der Waals surface area (Å²) in [5, 5.41) is 0. The molecule has 2 aliphatic heterocycles. The predicted octanol–water partition coefficient (Wildman–Crippen LogP) is 2.96. The van der Waals surface area contributed by atoms with Gasteiger partial charge in [-0.3, -0.25) is 14.7 Å². The molecule has 7 nitrogen and oxygen atoms in total. The summed E-state index contributed by atoms with van der Waals surface area (Å²) in [6.45, 7) is 11.5. The van der Waals surface area contributed by atoms with E-state index in [1.165, 1.54) is 0 Å². The maximum Gasteiger partial charge on any atom is 0.416 e. The van der Waals surface area contributed by atoms with Crippen molar-refractivity contribution in [3.05, 3.63) is 18.1 Å². The van der Waals surface area contributed by atoms with Gasteiger partial charge in [0.15, 0.2) is 5.82 Å². The number of amides is 2. The van der Waals surface area contributed by atoms with Crippen LogP contribution in [0.25, 0.3) is 0 Å². The molecule has 3 rings (SSSR count). The summed E-state index contributed by atoms with van der Waals surface area (Å²) in [6.07, 6.45) is 4.92. The molecule has 0 aromatic carbocycles. The lowest BCUT2D eigenvalue weighted by molar-refractivity contribution is -0.140. The minimum absolute atomic E-state index is 0.174. The Labute approximate surface area is 154 Å². The van der Waals surface area contributed by atoms with Crippen LogP contribution >= 0.6 is 0 Å². The highest BCUT2D eigenvalue weighted by atomic mass is 16.6. The van der Waals surface area contributed by atoms with Gasteiger partial charge in [0.05, 0.1) is 23.6 Å². The van der Waals surface area contributed by atoms with Crippen LogP contribution in [0.4, 0.5) is 10.6 Å². The Morgan fingerprint density at radius 3 is 2.54 bits per heavy atom. The van der Waals surface area contributed by atoms with Crippen LogP contribution in [0.1, 0.15) is 59.1 Å². The summed E-state index contributed by atoms with van der Waals surface area (Å²) in [7, 11) is 0. The number of carbonyl (C=O) groups excluding carboxylic acids is 2. The maximum absolute atomic E-state index is 12.6. The zero-order chi connectivity index (χ0) is 19.1. The van der Waals surface area contributed by atoms with E-state index in [9.17, 15) is 9.59 Å². The van der Waals surface area contributed by atoms with Gasteiger partial charge < -0.3 is 9.64 Å². The Balaban J connectivity index is 1.74. The molecule has 0 unspecified atom stereocenters. The molecule has 3 heterocycles. The van der Waals surface area contributed by atoms with Crippen LogP contribution in [0.5, 0.6) is 0 Å². The van der Waals surface area contributed by atoms with Gasteiger partial charge in [-0.05, 0) is 26.7 Å². The largest absolute Gasteiger partial charge is 0.447 e. The second-order valence-corrected chi connectivity index (χ2v) is 8.84. The fourth-order valence-electron chi connectivity index (χ4n) is 3.55. The van der Waals surface area contributed by atoms with Gasteiger partial charge in [0.25, 0.3) is 0 Å². The molecule has 0 saturated carbocycles. The van der Waals surface area contributed by atoms with Crippen molar-refractivity contribution < 1.29 is 14.3 Å². The van der Waals surface area contributed by atoms with Gasteiger partial charge in [-0.1, -0.05) is 20.8 Å². The van der Waals surface area contributed by atoms with Gasteiger partial charge in [0.2, 0.25) is 5.91 Å². The fourth-order valence-corrected chi connectivity index (χ4v) is 3.55. The highest BCUT2D eigenvalue weighted by Crippen LogP contribution is 2.31. The molecule has 26 heavy (non-hydrogen) atoms. The van der Waals surface area contributed by atoms with Gasteiger partial charge in [0, 0.05) is 24.4 Å². The maximum atomic E-state index is 12.6. The summed E-state index contributed by atoms with van der Waals surface area (Å²) in [4.78, 5) is 37.0. The lowest BCUT2D eigenvalue weighted by Crippen LogP contribution is -2.45. The number of aromatic nitrogens is 2. The van der Waals surface area contributed by atoms with Crippen LogP contribution in [-0.2, 0) is 9.53 Å². The second kappa shape index (κ2) is 6.52. The van der Waals surface area contributed by atoms with Crippen molar-refractivity contribution in [3.8, 4) is 0 Å². The van der Waals surface area contributed by atoms with Crippen molar-refractivity contribution >= 4 is 17.8 Å². The summed E-state index contributed by atoms with van der Waals surface area (Å²) < 4.78 is 5.13. The third-order valence-corrected chi connectivity index (χ3v) is 4.99. The van der Waals surface area contributed by atoms with Crippen molar-refractivity contribution in [1.82, 2.24) is 14.9 Å². The highest BCUT2D eigenvalue weighted by molar-refractivity contribution is 5.90. The van der Waals surface area contributed by atoms with E-state index >= 15 is 0 Å². The number of cyclic esters (lactones) is 1. The molecular weight excluding hydrogens is 332 g/mol. The number of likely N-dealkylation sites (tertiary alicyclic amines) is 1. The number of anilines is 1. The first-order chi connectivity index (χ1) is 12.1.